The number of hydrogen-bond donors (Lipinski definition) is 2. The number of ether oxygens (including phenoxy) is 1. The van der Waals surface area contributed by atoms with Crippen molar-refractivity contribution in [1.82, 2.24) is 9.97 Å². The lowest BCUT2D eigenvalue weighted by Gasteiger charge is -2.11. The minimum atomic E-state index is 0.328. The van der Waals surface area contributed by atoms with Gasteiger partial charge in [0.05, 0.1) is 0 Å². The van der Waals surface area contributed by atoms with Crippen LogP contribution < -0.4 is 15.8 Å². The van der Waals surface area contributed by atoms with Gasteiger partial charge in [0.25, 0.3) is 0 Å². The van der Waals surface area contributed by atoms with Crippen LogP contribution >= 0.6 is 0 Å². The largest absolute Gasteiger partial charge is 0.437 e. The lowest BCUT2D eigenvalue weighted by atomic mass is 10.3. The topological polar surface area (TPSA) is 73.1 Å². The number of benzene rings is 2. The first kappa shape index (κ1) is 12.9. The van der Waals surface area contributed by atoms with Gasteiger partial charge in [0, 0.05) is 5.69 Å². The minimum Gasteiger partial charge on any atom is -0.437 e. The van der Waals surface area contributed by atoms with Gasteiger partial charge >= 0.3 is 0 Å². The molecule has 5 nitrogen and oxygen atoms in total. The molecule has 0 aliphatic carbocycles. The van der Waals surface area contributed by atoms with Gasteiger partial charge in [-0.1, -0.05) is 36.4 Å². The number of rotatable bonds is 4. The van der Waals surface area contributed by atoms with Crippen molar-refractivity contribution in [2.45, 2.75) is 0 Å². The summed E-state index contributed by atoms with van der Waals surface area (Å²) in [6.07, 6.45) is 1.42. The number of nitrogen functional groups attached to an aromatic ring is 1. The molecule has 0 bridgehead atoms. The fourth-order valence-corrected chi connectivity index (χ4v) is 1.82. The highest BCUT2D eigenvalue weighted by Gasteiger charge is 2.10. The maximum atomic E-state index is 6.07. The van der Waals surface area contributed by atoms with Crippen LogP contribution in [0.3, 0.4) is 0 Å². The number of para-hydroxylation sites is 2. The SMILES string of the molecule is Nc1c(Nc2ccccc2)ncnc1Oc1ccccc1. The van der Waals surface area contributed by atoms with E-state index in [-0.39, 0.29) is 0 Å². The van der Waals surface area contributed by atoms with Gasteiger partial charge in [0.15, 0.2) is 5.82 Å². The smallest absolute Gasteiger partial charge is 0.248 e. The molecule has 0 spiro atoms. The van der Waals surface area contributed by atoms with Crippen molar-refractivity contribution in [3.05, 3.63) is 67.0 Å². The molecule has 0 saturated carbocycles. The summed E-state index contributed by atoms with van der Waals surface area (Å²) in [7, 11) is 0. The van der Waals surface area contributed by atoms with E-state index in [0.29, 0.717) is 23.1 Å². The second-order valence-electron chi connectivity index (χ2n) is 4.35. The van der Waals surface area contributed by atoms with Crippen molar-refractivity contribution >= 4 is 17.2 Å². The van der Waals surface area contributed by atoms with Crippen molar-refractivity contribution in [3.8, 4) is 11.6 Å². The maximum Gasteiger partial charge on any atom is 0.248 e. The van der Waals surface area contributed by atoms with Crippen LogP contribution in [0, 0.1) is 0 Å². The fourth-order valence-electron chi connectivity index (χ4n) is 1.82. The Morgan fingerprint density at radius 1 is 0.857 bits per heavy atom. The van der Waals surface area contributed by atoms with E-state index >= 15 is 0 Å². The van der Waals surface area contributed by atoms with E-state index in [1.807, 2.05) is 60.7 Å². The zero-order chi connectivity index (χ0) is 14.5. The molecule has 21 heavy (non-hydrogen) atoms. The van der Waals surface area contributed by atoms with E-state index in [2.05, 4.69) is 15.3 Å². The lowest BCUT2D eigenvalue weighted by molar-refractivity contribution is 0.464. The average molecular weight is 278 g/mol. The Hall–Kier alpha value is -3.08. The first-order valence-corrected chi connectivity index (χ1v) is 6.48. The number of hydrogen-bond acceptors (Lipinski definition) is 5. The van der Waals surface area contributed by atoms with Crippen LogP contribution in [0.4, 0.5) is 17.2 Å². The summed E-state index contributed by atoms with van der Waals surface area (Å²) >= 11 is 0. The van der Waals surface area contributed by atoms with Crippen molar-refractivity contribution in [1.29, 1.82) is 0 Å². The summed E-state index contributed by atoms with van der Waals surface area (Å²) < 4.78 is 5.67. The standard InChI is InChI=1S/C16H14N4O/c17-14-15(20-12-7-3-1-4-8-12)18-11-19-16(14)21-13-9-5-2-6-10-13/h1-11H,17H2,(H,18,19,20). The number of anilines is 3. The summed E-state index contributed by atoms with van der Waals surface area (Å²) in [4.78, 5) is 8.23. The highest BCUT2D eigenvalue weighted by Crippen LogP contribution is 2.30. The van der Waals surface area contributed by atoms with Crippen molar-refractivity contribution < 1.29 is 4.74 Å². The molecular weight excluding hydrogens is 264 g/mol. The zero-order valence-corrected chi connectivity index (χ0v) is 11.2. The molecule has 0 aliphatic rings. The molecule has 3 aromatic rings. The molecule has 0 aliphatic heterocycles. The molecule has 3 N–H and O–H groups in total. The van der Waals surface area contributed by atoms with Crippen LogP contribution in [0.2, 0.25) is 0 Å². The Morgan fingerprint density at radius 3 is 2.24 bits per heavy atom. The molecule has 104 valence electrons. The third kappa shape index (κ3) is 3.09. The summed E-state index contributed by atoms with van der Waals surface area (Å²) in [5.74, 6) is 1.52. The lowest BCUT2D eigenvalue weighted by Crippen LogP contribution is -2.02. The molecule has 1 heterocycles. The Kier molecular flexibility index (Phi) is 3.64. The van der Waals surface area contributed by atoms with E-state index in [1.54, 1.807) is 0 Å². The monoisotopic (exact) mass is 278 g/mol. The second kappa shape index (κ2) is 5.92. The third-order valence-electron chi connectivity index (χ3n) is 2.84. The molecular formula is C16H14N4O. The molecule has 3 rings (SSSR count). The number of aromatic nitrogens is 2. The Morgan fingerprint density at radius 2 is 1.52 bits per heavy atom. The predicted octanol–water partition coefficient (Wildman–Crippen LogP) is 3.59. The first-order valence-electron chi connectivity index (χ1n) is 6.48. The number of nitrogens with zero attached hydrogens (tertiary/aromatic N) is 2. The minimum absolute atomic E-state index is 0.328. The van der Waals surface area contributed by atoms with Gasteiger partial charge in [-0.15, -0.1) is 0 Å². The highest BCUT2D eigenvalue weighted by molar-refractivity contribution is 5.72. The molecule has 0 fully saturated rings. The Bertz CT molecular complexity index is 657. The molecule has 0 saturated heterocycles. The summed E-state index contributed by atoms with van der Waals surface area (Å²) in [6, 6.07) is 19.0. The predicted molar refractivity (Wildman–Crippen MR) is 82.7 cm³/mol. The van der Waals surface area contributed by atoms with Crippen LogP contribution in [0.5, 0.6) is 11.6 Å². The Balaban J connectivity index is 1.85. The van der Waals surface area contributed by atoms with Crippen molar-refractivity contribution in [3.63, 3.8) is 0 Å². The van der Waals surface area contributed by atoms with Gasteiger partial charge < -0.3 is 15.8 Å². The molecule has 2 aromatic carbocycles. The summed E-state index contributed by atoms with van der Waals surface area (Å²) in [5.41, 5.74) is 7.33. The molecule has 0 atom stereocenters. The normalized spacial score (nSPS) is 10.1. The quantitative estimate of drug-likeness (QED) is 0.763. The van der Waals surface area contributed by atoms with E-state index < -0.39 is 0 Å². The van der Waals surface area contributed by atoms with Crippen LogP contribution in [-0.2, 0) is 0 Å². The number of nitrogens with one attached hydrogen (secondary N) is 1. The van der Waals surface area contributed by atoms with Gasteiger partial charge in [0.2, 0.25) is 5.88 Å². The van der Waals surface area contributed by atoms with Crippen molar-refractivity contribution in [2.24, 2.45) is 0 Å². The maximum absolute atomic E-state index is 6.07. The van der Waals surface area contributed by atoms with Crippen LogP contribution in [0.1, 0.15) is 0 Å². The molecule has 0 unspecified atom stereocenters. The average Bonchev–Trinajstić information content (AvgIpc) is 2.53. The third-order valence-corrected chi connectivity index (χ3v) is 2.84. The fraction of sp³-hybridized carbons (Fsp3) is 0. The molecule has 0 amide bonds. The van der Waals surface area contributed by atoms with Gasteiger partial charge in [-0.25, -0.2) is 4.98 Å². The van der Waals surface area contributed by atoms with Gasteiger partial charge in [-0.3, -0.25) is 0 Å². The molecule has 5 heteroatoms. The van der Waals surface area contributed by atoms with Crippen molar-refractivity contribution in [2.75, 3.05) is 11.1 Å². The highest BCUT2D eigenvalue weighted by atomic mass is 16.5. The summed E-state index contributed by atoms with van der Waals surface area (Å²) in [6.45, 7) is 0. The number of nitrogens with two attached hydrogens (primary N) is 1. The summed E-state index contributed by atoms with van der Waals surface area (Å²) in [5, 5.41) is 3.14. The van der Waals surface area contributed by atoms with Gasteiger partial charge in [-0.05, 0) is 24.3 Å². The van der Waals surface area contributed by atoms with Gasteiger partial charge in [0.1, 0.15) is 17.8 Å². The van der Waals surface area contributed by atoms with Crippen LogP contribution in [0.25, 0.3) is 0 Å². The van der Waals surface area contributed by atoms with Gasteiger partial charge in [-0.2, -0.15) is 4.98 Å². The van der Waals surface area contributed by atoms with Crippen LogP contribution in [0.15, 0.2) is 67.0 Å². The molecule has 1 aromatic heterocycles. The Labute approximate surface area is 122 Å². The first-order chi connectivity index (χ1) is 10.3. The van der Waals surface area contributed by atoms with E-state index in [1.165, 1.54) is 6.33 Å². The second-order valence-corrected chi connectivity index (χ2v) is 4.35. The van der Waals surface area contributed by atoms with E-state index in [9.17, 15) is 0 Å². The zero-order valence-electron chi connectivity index (χ0n) is 11.2. The van der Waals surface area contributed by atoms with E-state index in [4.69, 9.17) is 10.5 Å². The molecule has 0 radical (unpaired) electrons. The van der Waals surface area contributed by atoms with E-state index in [0.717, 1.165) is 5.69 Å². The van der Waals surface area contributed by atoms with Crippen LogP contribution in [-0.4, -0.2) is 9.97 Å².